The van der Waals surface area contributed by atoms with E-state index in [1.54, 1.807) is 6.07 Å². The van der Waals surface area contributed by atoms with Gasteiger partial charge in [-0.05, 0) is 20.8 Å². The molecule has 0 bridgehead atoms. The first-order valence-corrected chi connectivity index (χ1v) is 8.23. The highest BCUT2D eigenvalue weighted by atomic mass is 16.5. The monoisotopic (exact) mass is 362 g/mol. The molecule has 0 N–H and O–H groups in total. The third kappa shape index (κ3) is 7.75. The molecule has 0 saturated heterocycles. The Morgan fingerprint density at radius 1 is 1.35 bits per heavy atom. The quantitative estimate of drug-likeness (QED) is 0.759. The summed E-state index contributed by atoms with van der Waals surface area (Å²) in [4.78, 5) is 17.9. The van der Waals surface area contributed by atoms with Crippen molar-refractivity contribution in [3.8, 4) is 23.4 Å². The SMILES string of the molecule is CC.CC(C)(C)OC=O.CCc1noc(-c2ncc(C#N)cc2OC)n1. The van der Waals surface area contributed by atoms with Gasteiger partial charge in [-0.1, -0.05) is 25.9 Å². The molecule has 2 rings (SSSR count). The molecule has 2 aromatic heterocycles. The van der Waals surface area contributed by atoms with Crippen LogP contribution in [0.15, 0.2) is 16.8 Å². The fourth-order valence-electron chi connectivity index (χ4n) is 1.46. The van der Waals surface area contributed by atoms with Crippen LogP contribution < -0.4 is 4.74 Å². The number of carbonyl (C=O) groups is 1. The Bertz CT molecular complexity index is 715. The van der Waals surface area contributed by atoms with Gasteiger partial charge in [0.2, 0.25) is 0 Å². The summed E-state index contributed by atoms with van der Waals surface area (Å²) in [5, 5.41) is 12.5. The number of ether oxygens (including phenoxy) is 2. The van der Waals surface area contributed by atoms with Crippen molar-refractivity contribution in [2.24, 2.45) is 0 Å². The van der Waals surface area contributed by atoms with Crippen LogP contribution in [0.2, 0.25) is 0 Å². The molecule has 0 aromatic carbocycles. The van der Waals surface area contributed by atoms with Crippen molar-refractivity contribution in [1.29, 1.82) is 5.26 Å². The lowest BCUT2D eigenvalue weighted by Crippen LogP contribution is -2.17. The molecule has 0 unspecified atom stereocenters. The number of aryl methyl sites for hydroxylation is 1. The van der Waals surface area contributed by atoms with E-state index < -0.39 is 0 Å². The first kappa shape index (κ1) is 23.1. The molecule has 0 spiro atoms. The third-order valence-electron chi connectivity index (χ3n) is 2.59. The lowest BCUT2D eigenvalue weighted by Gasteiger charge is -2.14. The smallest absolute Gasteiger partial charge is 0.293 e. The summed E-state index contributed by atoms with van der Waals surface area (Å²) in [6, 6.07) is 3.57. The van der Waals surface area contributed by atoms with Gasteiger partial charge in [-0.2, -0.15) is 10.2 Å². The first-order chi connectivity index (χ1) is 12.3. The van der Waals surface area contributed by atoms with Crippen molar-refractivity contribution in [1.82, 2.24) is 15.1 Å². The van der Waals surface area contributed by atoms with Crippen molar-refractivity contribution in [3.63, 3.8) is 0 Å². The summed E-state index contributed by atoms with van der Waals surface area (Å²) < 4.78 is 14.8. The van der Waals surface area contributed by atoms with Crippen molar-refractivity contribution < 1.29 is 18.8 Å². The molecule has 0 saturated carbocycles. The summed E-state index contributed by atoms with van der Waals surface area (Å²) in [5.74, 6) is 1.34. The second kappa shape index (κ2) is 11.6. The molecule has 0 amide bonds. The molecule has 26 heavy (non-hydrogen) atoms. The Hall–Kier alpha value is -2.95. The van der Waals surface area contributed by atoms with Gasteiger partial charge < -0.3 is 14.0 Å². The van der Waals surface area contributed by atoms with Crippen LogP contribution >= 0.6 is 0 Å². The van der Waals surface area contributed by atoms with Crippen LogP contribution in [0, 0.1) is 11.3 Å². The summed E-state index contributed by atoms with van der Waals surface area (Å²) in [7, 11) is 1.50. The minimum atomic E-state index is -0.318. The number of pyridine rings is 1. The zero-order valence-electron chi connectivity index (χ0n) is 16.4. The molecule has 0 aliphatic carbocycles. The molecule has 8 nitrogen and oxygen atoms in total. The zero-order chi connectivity index (χ0) is 20.2. The molecule has 0 aliphatic rings. The number of hydrogen-bond donors (Lipinski definition) is 0. The van der Waals surface area contributed by atoms with Crippen LogP contribution in [-0.4, -0.2) is 34.3 Å². The predicted octanol–water partition coefficient (Wildman–Crippen LogP) is 3.56. The minimum absolute atomic E-state index is 0.295. The zero-order valence-corrected chi connectivity index (χ0v) is 16.4. The molecule has 0 atom stereocenters. The van der Waals surface area contributed by atoms with Gasteiger partial charge >= 0.3 is 0 Å². The third-order valence-corrected chi connectivity index (χ3v) is 2.59. The van der Waals surface area contributed by atoms with E-state index in [2.05, 4.69) is 19.9 Å². The van der Waals surface area contributed by atoms with Gasteiger partial charge in [-0.3, -0.25) is 4.79 Å². The Labute approximate surface area is 154 Å². The number of aromatic nitrogens is 3. The van der Waals surface area contributed by atoms with Crippen LogP contribution in [0.1, 0.15) is 52.9 Å². The number of carbonyl (C=O) groups excluding carboxylic acids is 1. The fraction of sp³-hybridized carbons (Fsp3) is 0.500. The Kier molecular flexibility index (Phi) is 10.3. The maximum Gasteiger partial charge on any atom is 0.293 e. The maximum absolute atomic E-state index is 9.60. The van der Waals surface area contributed by atoms with Crippen LogP contribution in [0.25, 0.3) is 11.6 Å². The number of rotatable bonds is 4. The predicted molar refractivity (Wildman–Crippen MR) is 96.4 cm³/mol. The van der Waals surface area contributed by atoms with Gasteiger partial charge in [-0.25, -0.2) is 4.98 Å². The average molecular weight is 362 g/mol. The second-order valence-electron chi connectivity index (χ2n) is 5.58. The second-order valence-corrected chi connectivity index (χ2v) is 5.58. The standard InChI is InChI=1S/C11H10N4O2.C5H10O2.C2H6/c1-3-9-14-11(17-15-9)10-8(16-2)4-7(5-12)6-13-10;1-5(2,3)7-4-6;1-2/h4,6H,3H2,1-2H3;4H,1-3H3;1-2H3. The summed E-state index contributed by atoms with van der Waals surface area (Å²) >= 11 is 0. The lowest BCUT2D eigenvalue weighted by atomic mass is 10.2. The Morgan fingerprint density at radius 3 is 2.38 bits per heavy atom. The van der Waals surface area contributed by atoms with Crippen molar-refractivity contribution in [3.05, 3.63) is 23.7 Å². The van der Waals surface area contributed by atoms with Gasteiger partial charge in [0.1, 0.15) is 11.7 Å². The van der Waals surface area contributed by atoms with Gasteiger partial charge in [0.15, 0.2) is 17.3 Å². The van der Waals surface area contributed by atoms with Crippen molar-refractivity contribution in [2.45, 2.75) is 53.6 Å². The maximum atomic E-state index is 9.60. The van der Waals surface area contributed by atoms with E-state index in [0.717, 1.165) is 0 Å². The lowest BCUT2D eigenvalue weighted by molar-refractivity contribution is -0.138. The molecular formula is C18H26N4O4. The minimum Gasteiger partial charge on any atom is -0.494 e. The summed E-state index contributed by atoms with van der Waals surface area (Å²) in [6.45, 7) is 11.8. The van der Waals surface area contributed by atoms with E-state index in [9.17, 15) is 4.79 Å². The van der Waals surface area contributed by atoms with Gasteiger partial charge in [0.25, 0.3) is 12.4 Å². The molecule has 0 aliphatic heterocycles. The van der Waals surface area contributed by atoms with Crippen molar-refractivity contribution >= 4 is 6.47 Å². The largest absolute Gasteiger partial charge is 0.494 e. The molecule has 2 aromatic rings. The van der Waals surface area contributed by atoms with Crippen LogP contribution in [0.4, 0.5) is 0 Å². The van der Waals surface area contributed by atoms with E-state index in [1.807, 2.05) is 47.6 Å². The molecule has 2 heterocycles. The van der Waals surface area contributed by atoms with Crippen LogP contribution in [0.5, 0.6) is 5.75 Å². The van der Waals surface area contributed by atoms with Crippen LogP contribution in [0.3, 0.4) is 0 Å². The van der Waals surface area contributed by atoms with E-state index >= 15 is 0 Å². The number of nitriles is 1. The molecular weight excluding hydrogens is 336 g/mol. The molecule has 0 fully saturated rings. The summed E-state index contributed by atoms with van der Waals surface area (Å²) in [5.41, 5.74) is 0.543. The highest BCUT2D eigenvalue weighted by Crippen LogP contribution is 2.26. The topological polar surface area (TPSA) is 111 Å². The van der Waals surface area contributed by atoms with Gasteiger partial charge in [-0.15, -0.1) is 0 Å². The highest BCUT2D eigenvalue weighted by molar-refractivity contribution is 5.58. The fourth-order valence-corrected chi connectivity index (χ4v) is 1.46. The first-order valence-electron chi connectivity index (χ1n) is 8.23. The molecule has 142 valence electrons. The average Bonchev–Trinajstić information content (AvgIpc) is 3.11. The Balaban J connectivity index is 0.000000589. The van der Waals surface area contributed by atoms with E-state index in [4.69, 9.17) is 14.5 Å². The normalized spacial score (nSPS) is 9.62. The number of nitrogens with zero attached hydrogens (tertiary/aromatic N) is 4. The van der Waals surface area contributed by atoms with Crippen LogP contribution in [-0.2, 0) is 16.0 Å². The number of methoxy groups -OCH3 is 1. The highest BCUT2D eigenvalue weighted by Gasteiger charge is 2.15. The van der Waals surface area contributed by atoms with Gasteiger partial charge in [0, 0.05) is 18.7 Å². The molecule has 0 radical (unpaired) electrons. The van der Waals surface area contributed by atoms with E-state index in [-0.39, 0.29) is 5.60 Å². The Morgan fingerprint density at radius 2 is 2.00 bits per heavy atom. The summed E-state index contributed by atoms with van der Waals surface area (Å²) in [6.07, 6.45) is 2.12. The van der Waals surface area contributed by atoms with Gasteiger partial charge in [0.05, 0.1) is 12.7 Å². The van der Waals surface area contributed by atoms with Crippen molar-refractivity contribution in [2.75, 3.05) is 7.11 Å². The number of hydrogen-bond acceptors (Lipinski definition) is 8. The van der Waals surface area contributed by atoms with E-state index in [0.29, 0.717) is 41.6 Å². The van der Waals surface area contributed by atoms with E-state index in [1.165, 1.54) is 13.3 Å². The molecule has 8 heteroatoms.